The molecule has 0 heterocycles. The first-order valence-electron chi connectivity index (χ1n) is 8.75. The highest BCUT2D eigenvalue weighted by Gasteiger charge is 2.44. The maximum atomic E-state index is 13.1. The van der Waals surface area contributed by atoms with Crippen LogP contribution in [0.4, 0.5) is 10.1 Å². The fourth-order valence-corrected chi connectivity index (χ4v) is 3.78. The minimum absolute atomic E-state index is 0.150. The van der Waals surface area contributed by atoms with Crippen molar-refractivity contribution in [2.75, 3.05) is 11.6 Å². The van der Waals surface area contributed by atoms with Crippen molar-refractivity contribution in [2.45, 2.75) is 30.7 Å². The lowest BCUT2D eigenvalue weighted by Gasteiger charge is -2.18. The number of hydrogen-bond donors (Lipinski definition) is 2. The van der Waals surface area contributed by atoms with E-state index in [1.54, 1.807) is 12.1 Å². The zero-order valence-corrected chi connectivity index (χ0v) is 16.1. The van der Waals surface area contributed by atoms with E-state index in [1.807, 2.05) is 12.1 Å². The van der Waals surface area contributed by atoms with Crippen molar-refractivity contribution in [1.82, 2.24) is 4.72 Å². The molecule has 2 aromatic rings. The lowest BCUT2D eigenvalue weighted by atomic mass is 9.97. The Morgan fingerprint density at radius 2 is 1.79 bits per heavy atom. The lowest BCUT2D eigenvalue weighted by Crippen LogP contribution is -2.30. The molecule has 1 atom stereocenters. The molecule has 0 aromatic heterocycles. The van der Waals surface area contributed by atoms with Gasteiger partial charge in [-0.25, -0.2) is 17.5 Å². The van der Waals surface area contributed by atoms with E-state index in [1.165, 1.54) is 24.3 Å². The van der Waals surface area contributed by atoms with E-state index in [-0.39, 0.29) is 12.3 Å². The zero-order valence-electron chi connectivity index (χ0n) is 15.3. The molecule has 1 unspecified atom stereocenters. The highest BCUT2D eigenvalue weighted by Crippen LogP contribution is 2.47. The van der Waals surface area contributed by atoms with Gasteiger partial charge in [0.05, 0.1) is 23.8 Å². The van der Waals surface area contributed by atoms with Crippen LogP contribution in [0.1, 0.15) is 36.4 Å². The maximum Gasteiger partial charge on any atom is 0.226 e. The third kappa shape index (κ3) is 4.94. The predicted molar refractivity (Wildman–Crippen MR) is 103 cm³/mol. The number of carbonyl (C=O) groups is 1. The van der Waals surface area contributed by atoms with E-state index in [0.717, 1.165) is 24.7 Å². The molecule has 0 bridgehead atoms. The average Bonchev–Trinajstić information content (AvgIpc) is 3.42. The summed E-state index contributed by atoms with van der Waals surface area (Å²) in [5.74, 6) is -0.836. The molecule has 28 heavy (non-hydrogen) atoms. The van der Waals surface area contributed by atoms with Crippen LogP contribution in [0.3, 0.4) is 0 Å². The quantitative estimate of drug-likeness (QED) is 0.745. The number of halogens is 1. The molecule has 1 aliphatic carbocycles. The summed E-state index contributed by atoms with van der Waals surface area (Å²) in [5, 5.41) is 12.0. The predicted octanol–water partition coefficient (Wildman–Crippen LogP) is 3.00. The maximum absolute atomic E-state index is 13.1. The second-order valence-electron chi connectivity index (χ2n) is 7.02. The molecule has 0 aliphatic heterocycles. The minimum atomic E-state index is -3.57. The summed E-state index contributed by atoms with van der Waals surface area (Å²) >= 11 is 0. The molecule has 3 rings (SSSR count). The van der Waals surface area contributed by atoms with Gasteiger partial charge in [0.15, 0.2) is 0 Å². The van der Waals surface area contributed by atoms with Gasteiger partial charge in [-0.3, -0.25) is 4.79 Å². The lowest BCUT2D eigenvalue weighted by molar-refractivity contribution is -0.116. The average molecular weight is 401 g/mol. The van der Waals surface area contributed by atoms with Crippen LogP contribution in [0.25, 0.3) is 0 Å². The summed E-state index contributed by atoms with van der Waals surface area (Å²) < 4.78 is 38.8. The number of hydrogen-bond acceptors (Lipinski definition) is 4. The van der Waals surface area contributed by atoms with Crippen molar-refractivity contribution in [1.29, 1.82) is 5.26 Å². The van der Waals surface area contributed by atoms with Gasteiger partial charge in [0, 0.05) is 12.1 Å². The molecule has 8 heteroatoms. The molecule has 0 saturated heterocycles. The van der Waals surface area contributed by atoms with Gasteiger partial charge < -0.3 is 5.32 Å². The van der Waals surface area contributed by atoms with E-state index in [9.17, 15) is 22.9 Å². The molecule has 1 fully saturated rings. The van der Waals surface area contributed by atoms with E-state index in [4.69, 9.17) is 0 Å². The first-order chi connectivity index (χ1) is 13.2. The molecular formula is C20H20FN3O3S. The number of nitrogens with one attached hydrogen (secondary N) is 2. The van der Waals surface area contributed by atoms with Crippen molar-refractivity contribution in [3.8, 4) is 6.07 Å². The summed E-state index contributed by atoms with van der Waals surface area (Å²) in [6.07, 6.45) is 2.53. The van der Waals surface area contributed by atoms with Crippen molar-refractivity contribution in [2.24, 2.45) is 0 Å². The van der Waals surface area contributed by atoms with Gasteiger partial charge in [-0.2, -0.15) is 5.26 Å². The molecule has 2 N–H and O–H groups in total. The van der Waals surface area contributed by atoms with Gasteiger partial charge in [-0.05, 0) is 48.2 Å². The molecule has 1 amide bonds. The number of benzene rings is 2. The Hall–Kier alpha value is -2.76. The van der Waals surface area contributed by atoms with Crippen molar-refractivity contribution in [3.63, 3.8) is 0 Å². The normalized spacial score (nSPS) is 16.0. The van der Waals surface area contributed by atoms with E-state index >= 15 is 0 Å². The second-order valence-corrected chi connectivity index (χ2v) is 8.80. The summed E-state index contributed by atoms with van der Waals surface area (Å²) in [5.41, 5.74) is 1.58. The van der Waals surface area contributed by atoms with E-state index in [2.05, 4.69) is 16.1 Å². The van der Waals surface area contributed by atoms with Crippen LogP contribution in [-0.4, -0.2) is 20.6 Å². The Morgan fingerprint density at radius 1 is 1.18 bits per heavy atom. The first-order valence-corrected chi connectivity index (χ1v) is 10.6. The summed E-state index contributed by atoms with van der Waals surface area (Å²) in [6.45, 7) is 0. The topological polar surface area (TPSA) is 99.1 Å². The Bertz CT molecular complexity index is 1010. The molecule has 2 aromatic carbocycles. The van der Waals surface area contributed by atoms with Gasteiger partial charge in [0.2, 0.25) is 15.9 Å². The van der Waals surface area contributed by atoms with Gasteiger partial charge in [0.25, 0.3) is 0 Å². The molecule has 1 saturated carbocycles. The highest BCUT2D eigenvalue weighted by molar-refractivity contribution is 7.88. The first kappa shape index (κ1) is 20.0. The monoisotopic (exact) mass is 401 g/mol. The molecule has 0 radical (unpaired) electrons. The van der Waals surface area contributed by atoms with Gasteiger partial charge in [0.1, 0.15) is 5.82 Å². The Labute approximate surface area is 163 Å². The Balaban J connectivity index is 1.69. The van der Waals surface area contributed by atoms with Crippen LogP contribution in [0.15, 0.2) is 48.5 Å². The highest BCUT2D eigenvalue weighted by atomic mass is 32.2. The van der Waals surface area contributed by atoms with E-state index < -0.39 is 27.3 Å². The van der Waals surface area contributed by atoms with Crippen LogP contribution in [0.2, 0.25) is 0 Å². The number of sulfonamides is 1. The fourth-order valence-electron chi connectivity index (χ4n) is 3.04. The number of rotatable bonds is 7. The van der Waals surface area contributed by atoms with Crippen molar-refractivity contribution in [3.05, 3.63) is 65.5 Å². The van der Waals surface area contributed by atoms with Crippen LogP contribution in [-0.2, 0) is 20.2 Å². The van der Waals surface area contributed by atoms with Gasteiger partial charge in [-0.15, -0.1) is 0 Å². The van der Waals surface area contributed by atoms with Gasteiger partial charge in [-0.1, -0.05) is 24.3 Å². The standard InChI is InChI=1S/C20H20FN3O3S/c1-28(26,27)24-18(14-2-6-16(21)7-3-14)12-19(25)23-17-8-4-15(5-9-17)20(13-22)10-11-20/h2-9,18,24H,10-12H2,1H3,(H,23,25). The molecule has 1 aliphatic rings. The molecule has 6 nitrogen and oxygen atoms in total. The van der Waals surface area contributed by atoms with E-state index in [0.29, 0.717) is 11.3 Å². The summed E-state index contributed by atoms with van der Waals surface area (Å²) in [6, 6.07) is 13.9. The fraction of sp³-hybridized carbons (Fsp3) is 0.300. The second kappa shape index (κ2) is 7.70. The van der Waals surface area contributed by atoms with Crippen molar-refractivity contribution < 1.29 is 17.6 Å². The number of amides is 1. The number of nitriles is 1. The molecule has 0 spiro atoms. The number of nitrogens with zero attached hydrogens (tertiary/aromatic N) is 1. The Kier molecular flexibility index (Phi) is 5.49. The summed E-state index contributed by atoms with van der Waals surface area (Å²) in [4.78, 5) is 12.4. The Morgan fingerprint density at radius 3 is 2.29 bits per heavy atom. The number of anilines is 1. The zero-order chi connectivity index (χ0) is 20.4. The van der Waals surface area contributed by atoms with Gasteiger partial charge >= 0.3 is 0 Å². The van der Waals surface area contributed by atoms with Crippen molar-refractivity contribution >= 4 is 21.6 Å². The SMILES string of the molecule is CS(=O)(=O)NC(CC(=O)Nc1ccc(C2(C#N)CC2)cc1)c1ccc(F)cc1. The smallest absolute Gasteiger partial charge is 0.226 e. The molecular weight excluding hydrogens is 381 g/mol. The van der Waals surface area contributed by atoms with Crippen LogP contribution >= 0.6 is 0 Å². The van der Waals surface area contributed by atoms with Crippen LogP contribution < -0.4 is 10.0 Å². The van der Waals surface area contributed by atoms with Crippen LogP contribution in [0.5, 0.6) is 0 Å². The number of carbonyl (C=O) groups excluding carboxylic acids is 1. The third-order valence-electron chi connectivity index (χ3n) is 4.70. The molecule has 146 valence electrons. The minimum Gasteiger partial charge on any atom is -0.326 e. The van der Waals surface area contributed by atoms with Crippen LogP contribution in [0, 0.1) is 17.1 Å². The summed E-state index contributed by atoms with van der Waals surface area (Å²) in [7, 11) is -3.57. The third-order valence-corrected chi connectivity index (χ3v) is 5.42. The largest absolute Gasteiger partial charge is 0.326 e.